The molecule has 0 N–H and O–H groups in total. The van der Waals surface area contributed by atoms with E-state index in [2.05, 4.69) is 0 Å². The minimum absolute atomic E-state index is 0.121. The van der Waals surface area contributed by atoms with Crippen molar-refractivity contribution in [3.63, 3.8) is 0 Å². The lowest BCUT2D eigenvalue weighted by Crippen LogP contribution is -2.18. The molecule has 3 rings (SSSR count). The van der Waals surface area contributed by atoms with Crippen LogP contribution in [0, 0.1) is 5.92 Å². The molecule has 1 aliphatic rings. The number of ether oxygens (including phenoxy) is 5. The number of methoxy groups -OCH3 is 2. The van der Waals surface area contributed by atoms with Crippen molar-refractivity contribution in [3.05, 3.63) is 41.5 Å². The molecule has 1 heterocycles. The lowest BCUT2D eigenvalue weighted by molar-refractivity contribution is -0.148. The summed E-state index contributed by atoms with van der Waals surface area (Å²) < 4.78 is 27.3. The Bertz CT molecular complexity index is 935. The number of esters is 2. The normalized spacial score (nSPS) is 13.3. The van der Waals surface area contributed by atoms with Crippen molar-refractivity contribution in [2.45, 2.75) is 26.9 Å². The Morgan fingerprint density at radius 2 is 1.83 bits per heavy atom. The highest BCUT2D eigenvalue weighted by molar-refractivity contribution is 5.94. The zero-order chi connectivity index (χ0) is 21.7. The SMILES string of the molecule is CCC(C)C(=O)OCCOc1c(-c2ccc3c(c2)COC3=O)ccc(OC)c1OC. The summed E-state index contributed by atoms with van der Waals surface area (Å²) in [6.45, 7) is 4.29. The molecule has 30 heavy (non-hydrogen) atoms. The fourth-order valence-electron chi connectivity index (χ4n) is 3.17. The van der Waals surface area contributed by atoms with Gasteiger partial charge in [0.1, 0.15) is 19.8 Å². The third kappa shape index (κ3) is 4.35. The lowest BCUT2D eigenvalue weighted by Gasteiger charge is -2.18. The maximum Gasteiger partial charge on any atom is 0.338 e. The Labute approximate surface area is 175 Å². The van der Waals surface area contributed by atoms with Crippen molar-refractivity contribution in [2.24, 2.45) is 5.92 Å². The number of hydrogen-bond acceptors (Lipinski definition) is 7. The first-order chi connectivity index (χ1) is 14.5. The van der Waals surface area contributed by atoms with Crippen LogP contribution in [0.1, 0.15) is 36.2 Å². The molecule has 7 heteroatoms. The number of carbonyl (C=O) groups is 2. The fraction of sp³-hybridized carbons (Fsp3) is 0.391. The molecule has 1 atom stereocenters. The van der Waals surface area contributed by atoms with E-state index >= 15 is 0 Å². The maximum absolute atomic E-state index is 11.9. The van der Waals surface area contributed by atoms with E-state index in [1.807, 2.05) is 32.0 Å². The topological polar surface area (TPSA) is 80.3 Å². The van der Waals surface area contributed by atoms with Gasteiger partial charge in [-0.1, -0.05) is 19.9 Å². The molecule has 0 aliphatic carbocycles. The molecule has 0 amide bonds. The van der Waals surface area contributed by atoms with Gasteiger partial charge in [-0.05, 0) is 36.2 Å². The molecule has 0 aromatic heterocycles. The van der Waals surface area contributed by atoms with Gasteiger partial charge in [0.25, 0.3) is 0 Å². The van der Waals surface area contributed by atoms with Crippen LogP contribution in [-0.2, 0) is 20.9 Å². The summed E-state index contributed by atoms with van der Waals surface area (Å²) in [6, 6.07) is 9.13. The minimum Gasteiger partial charge on any atom is -0.493 e. The first-order valence-electron chi connectivity index (χ1n) is 9.85. The highest BCUT2D eigenvalue weighted by Crippen LogP contribution is 2.45. The summed E-state index contributed by atoms with van der Waals surface area (Å²) in [5.74, 6) is 0.721. The average molecular weight is 414 g/mol. The predicted molar refractivity (Wildman–Crippen MR) is 110 cm³/mol. The number of carbonyl (C=O) groups excluding carboxylic acids is 2. The fourth-order valence-corrected chi connectivity index (χ4v) is 3.17. The number of hydrogen-bond donors (Lipinski definition) is 0. The van der Waals surface area contributed by atoms with Crippen molar-refractivity contribution in [2.75, 3.05) is 27.4 Å². The molecular formula is C23H26O7. The molecule has 0 bridgehead atoms. The van der Waals surface area contributed by atoms with Crippen LogP contribution >= 0.6 is 0 Å². The van der Waals surface area contributed by atoms with Gasteiger partial charge in [0.05, 0.1) is 25.7 Å². The van der Waals surface area contributed by atoms with E-state index in [-0.39, 0.29) is 37.7 Å². The monoisotopic (exact) mass is 414 g/mol. The van der Waals surface area contributed by atoms with Crippen LogP contribution in [-0.4, -0.2) is 39.4 Å². The summed E-state index contributed by atoms with van der Waals surface area (Å²) in [5.41, 5.74) is 3.00. The lowest BCUT2D eigenvalue weighted by atomic mass is 9.99. The van der Waals surface area contributed by atoms with Gasteiger partial charge in [-0.2, -0.15) is 0 Å². The average Bonchev–Trinajstić information content (AvgIpc) is 3.15. The van der Waals surface area contributed by atoms with Gasteiger partial charge in [-0.15, -0.1) is 0 Å². The van der Waals surface area contributed by atoms with E-state index in [0.717, 1.165) is 23.1 Å². The van der Waals surface area contributed by atoms with E-state index in [0.29, 0.717) is 22.8 Å². The molecule has 160 valence electrons. The van der Waals surface area contributed by atoms with Crippen LogP contribution in [0.3, 0.4) is 0 Å². The number of benzene rings is 2. The van der Waals surface area contributed by atoms with Crippen molar-refractivity contribution in [1.82, 2.24) is 0 Å². The Morgan fingerprint density at radius 1 is 1.07 bits per heavy atom. The summed E-state index contributed by atoms with van der Waals surface area (Å²) in [6.07, 6.45) is 0.720. The molecule has 0 radical (unpaired) electrons. The van der Waals surface area contributed by atoms with Gasteiger partial charge in [-0.25, -0.2) is 4.79 Å². The van der Waals surface area contributed by atoms with Crippen molar-refractivity contribution in [1.29, 1.82) is 0 Å². The van der Waals surface area contributed by atoms with Crippen LogP contribution in [0.15, 0.2) is 30.3 Å². The predicted octanol–water partition coefficient (Wildman–Crippen LogP) is 4.01. The Kier molecular flexibility index (Phi) is 6.82. The zero-order valence-corrected chi connectivity index (χ0v) is 17.7. The molecule has 2 aromatic carbocycles. The molecule has 1 aliphatic heterocycles. The van der Waals surface area contributed by atoms with Crippen molar-refractivity contribution < 1.29 is 33.3 Å². The summed E-state index contributed by atoms with van der Waals surface area (Å²) in [4.78, 5) is 23.6. The van der Waals surface area contributed by atoms with E-state index in [1.165, 1.54) is 7.11 Å². The number of cyclic esters (lactones) is 1. The second-order valence-corrected chi connectivity index (χ2v) is 6.95. The Morgan fingerprint density at radius 3 is 2.53 bits per heavy atom. The largest absolute Gasteiger partial charge is 0.493 e. The third-order valence-electron chi connectivity index (χ3n) is 5.08. The summed E-state index contributed by atoms with van der Waals surface area (Å²) in [7, 11) is 3.08. The first-order valence-corrected chi connectivity index (χ1v) is 9.85. The number of rotatable bonds is 9. The third-order valence-corrected chi connectivity index (χ3v) is 5.08. The van der Waals surface area contributed by atoms with Gasteiger partial charge in [0.15, 0.2) is 11.5 Å². The molecule has 0 saturated carbocycles. The van der Waals surface area contributed by atoms with Crippen LogP contribution < -0.4 is 14.2 Å². The molecule has 0 saturated heterocycles. The second-order valence-electron chi connectivity index (χ2n) is 6.95. The van der Waals surface area contributed by atoms with Crippen LogP contribution in [0.5, 0.6) is 17.2 Å². The van der Waals surface area contributed by atoms with Gasteiger partial charge >= 0.3 is 11.9 Å². The maximum atomic E-state index is 11.9. The Hall–Kier alpha value is -3.22. The van der Waals surface area contributed by atoms with Gasteiger partial charge in [0.2, 0.25) is 5.75 Å². The zero-order valence-electron chi connectivity index (χ0n) is 17.7. The summed E-state index contributed by atoms with van der Waals surface area (Å²) in [5, 5.41) is 0. The smallest absolute Gasteiger partial charge is 0.338 e. The standard InChI is InChI=1S/C23H26O7/c1-5-14(2)22(24)29-11-10-28-20-17(8-9-19(26-3)21(20)27-4)15-6-7-18-16(12-15)13-30-23(18)25/h6-9,12,14H,5,10-11,13H2,1-4H3. The molecule has 0 fully saturated rings. The van der Waals surface area contributed by atoms with Crippen molar-refractivity contribution in [3.8, 4) is 28.4 Å². The van der Waals surface area contributed by atoms with Crippen LogP contribution in [0.4, 0.5) is 0 Å². The highest BCUT2D eigenvalue weighted by Gasteiger charge is 2.23. The molecule has 0 spiro atoms. The summed E-state index contributed by atoms with van der Waals surface area (Å²) >= 11 is 0. The van der Waals surface area contributed by atoms with E-state index in [1.54, 1.807) is 19.2 Å². The van der Waals surface area contributed by atoms with E-state index < -0.39 is 0 Å². The highest BCUT2D eigenvalue weighted by atomic mass is 16.6. The quantitative estimate of drug-likeness (QED) is 0.453. The molecule has 2 aromatic rings. The van der Waals surface area contributed by atoms with Gasteiger partial charge in [0, 0.05) is 11.1 Å². The van der Waals surface area contributed by atoms with E-state index in [9.17, 15) is 9.59 Å². The van der Waals surface area contributed by atoms with Crippen LogP contribution in [0.2, 0.25) is 0 Å². The Balaban J connectivity index is 1.87. The van der Waals surface area contributed by atoms with E-state index in [4.69, 9.17) is 23.7 Å². The first kappa shape index (κ1) is 21.5. The second kappa shape index (κ2) is 9.52. The molecule has 7 nitrogen and oxygen atoms in total. The van der Waals surface area contributed by atoms with Crippen molar-refractivity contribution >= 4 is 11.9 Å². The van der Waals surface area contributed by atoms with Gasteiger partial charge in [-0.3, -0.25) is 4.79 Å². The minimum atomic E-state index is -0.316. The molecule has 1 unspecified atom stereocenters. The number of fused-ring (bicyclic) bond motifs is 1. The molecular weight excluding hydrogens is 388 g/mol. The van der Waals surface area contributed by atoms with Crippen LogP contribution in [0.25, 0.3) is 11.1 Å². The van der Waals surface area contributed by atoms with Gasteiger partial charge < -0.3 is 23.7 Å².